The molecular formula is C6H10O3Si. The van der Waals surface area contributed by atoms with Crippen LogP contribution < -0.4 is 0 Å². The molecule has 0 aromatic heterocycles. The van der Waals surface area contributed by atoms with Crippen LogP contribution in [0, 0.1) is 0 Å². The maximum Gasteiger partial charge on any atom is 0.333 e. The molecule has 3 nitrogen and oxygen atoms in total. The van der Waals surface area contributed by atoms with Crippen molar-refractivity contribution in [2.24, 2.45) is 0 Å². The molecule has 2 radical (unpaired) electrons. The van der Waals surface area contributed by atoms with Crippen LogP contribution in [0.4, 0.5) is 0 Å². The van der Waals surface area contributed by atoms with Crippen LogP contribution in [-0.2, 0) is 14.0 Å². The summed E-state index contributed by atoms with van der Waals surface area (Å²) in [6.07, 6.45) is 1.47. The van der Waals surface area contributed by atoms with Gasteiger partial charge in [-0.2, -0.15) is 0 Å². The lowest BCUT2D eigenvalue weighted by Gasteiger charge is -2.20. The second kappa shape index (κ2) is 3.73. The standard InChI is InChI=1S/C6H10O3Si/c1-10-9-5-3-2-4-8-6(5)7/h5H,2-4H2,1H3. The number of carbonyl (C=O) groups is 1. The summed E-state index contributed by atoms with van der Waals surface area (Å²) in [6, 6.07) is 0. The van der Waals surface area contributed by atoms with Crippen LogP contribution in [0.1, 0.15) is 12.8 Å². The third kappa shape index (κ3) is 1.81. The summed E-state index contributed by atoms with van der Waals surface area (Å²) in [4.78, 5) is 10.8. The minimum absolute atomic E-state index is 0.194. The first-order valence-electron chi connectivity index (χ1n) is 3.33. The first-order chi connectivity index (χ1) is 4.84. The molecule has 0 aromatic rings. The van der Waals surface area contributed by atoms with Crippen LogP contribution in [0.3, 0.4) is 0 Å². The maximum absolute atomic E-state index is 10.8. The predicted octanol–water partition coefficient (Wildman–Crippen LogP) is 0.376. The van der Waals surface area contributed by atoms with Crippen molar-refractivity contribution < 1.29 is 14.0 Å². The Morgan fingerprint density at radius 2 is 2.60 bits per heavy atom. The number of carbonyl (C=O) groups excluding carboxylic acids is 1. The van der Waals surface area contributed by atoms with Gasteiger partial charge in [-0.1, -0.05) is 0 Å². The topological polar surface area (TPSA) is 35.5 Å². The smallest absolute Gasteiger partial charge is 0.333 e. The van der Waals surface area contributed by atoms with E-state index in [1.54, 1.807) is 0 Å². The minimum Gasteiger partial charge on any atom is -0.464 e. The van der Waals surface area contributed by atoms with Gasteiger partial charge in [-0.05, 0) is 19.4 Å². The van der Waals surface area contributed by atoms with Gasteiger partial charge in [0.25, 0.3) is 0 Å². The summed E-state index contributed by atoms with van der Waals surface area (Å²) in [5.41, 5.74) is 0. The molecule has 1 aliphatic heterocycles. The molecule has 1 rings (SSSR count). The lowest BCUT2D eigenvalue weighted by molar-refractivity contribution is -0.156. The zero-order valence-corrected chi connectivity index (χ0v) is 6.92. The Hall–Kier alpha value is -0.353. The Kier molecular flexibility index (Phi) is 2.89. The molecule has 0 bridgehead atoms. The fourth-order valence-corrected chi connectivity index (χ4v) is 1.40. The summed E-state index contributed by atoms with van der Waals surface area (Å²) in [6.45, 7) is 2.47. The van der Waals surface area contributed by atoms with E-state index in [1.165, 1.54) is 0 Å². The first kappa shape index (κ1) is 7.75. The zero-order valence-electron chi connectivity index (χ0n) is 5.92. The highest BCUT2D eigenvalue weighted by Crippen LogP contribution is 2.10. The van der Waals surface area contributed by atoms with Crippen molar-refractivity contribution in [2.75, 3.05) is 6.61 Å². The van der Waals surface area contributed by atoms with Crippen LogP contribution in [0.25, 0.3) is 0 Å². The Balaban J connectivity index is 2.32. The van der Waals surface area contributed by atoms with Crippen molar-refractivity contribution in [3.05, 3.63) is 0 Å². The van der Waals surface area contributed by atoms with Gasteiger partial charge in [0.05, 0.1) is 6.61 Å². The highest BCUT2D eigenvalue weighted by molar-refractivity contribution is 6.25. The highest BCUT2D eigenvalue weighted by atomic mass is 28.2. The number of hydrogen-bond donors (Lipinski definition) is 0. The van der Waals surface area contributed by atoms with Gasteiger partial charge in [0.1, 0.15) is 6.10 Å². The van der Waals surface area contributed by atoms with Gasteiger partial charge in [-0.15, -0.1) is 0 Å². The maximum atomic E-state index is 10.8. The first-order valence-corrected chi connectivity index (χ1v) is 4.74. The number of esters is 1. The number of rotatable bonds is 2. The number of cyclic esters (lactones) is 1. The molecule has 1 aliphatic rings. The predicted molar refractivity (Wildman–Crippen MR) is 36.7 cm³/mol. The van der Waals surface area contributed by atoms with E-state index >= 15 is 0 Å². The summed E-state index contributed by atoms with van der Waals surface area (Å²) < 4.78 is 9.93. The lowest BCUT2D eigenvalue weighted by Crippen LogP contribution is -2.32. The SMILES string of the molecule is C[Si]OC1CCCOC1=O. The quantitative estimate of drug-likeness (QED) is 0.430. The van der Waals surface area contributed by atoms with Gasteiger partial charge in [0, 0.05) is 0 Å². The van der Waals surface area contributed by atoms with Gasteiger partial charge in [0.2, 0.25) is 9.76 Å². The minimum atomic E-state index is -0.280. The van der Waals surface area contributed by atoms with Crippen LogP contribution in [0.15, 0.2) is 0 Å². The molecule has 0 aliphatic carbocycles. The summed E-state index contributed by atoms with van der Waals surface area (Å²) in [7, 11) is 0.374. The van der Waals surface area contributed by atoms with Crippen LogP contribution >= 0.6 is 0 Å². The monoisotopic (exact) mass is 158 g/mol. The Labute approximate surface area is 62.6 Å². The van der Waals surface area contributed by atoms with E-state index in [2.05, 4.69) is 0 Å². The fourth-order valence-electron chi connectivity index (χ4n) is 0.902. The van der Waals surface area contributed by atoms with Gasteiger partial charge < -0.3 is 9.16 Å². The van der Waals surface area contributed by atoms with E-state index in [4.69, 9.17) is 9.16 Å². The highest BCUT2D eigenvalue weighted by Gasteiger charge is 2.23. The largest absolute Gasteiger partial charge is 0.464 e. The van der Waals surface area contributed by atoms with E-state index in [9.17, 15) is 4.79 Å². The van der Waals surface area contributed by atoms with Crippen molar-refractivity contribution in [1.29, 1.82) is 0 Å². The van der Waals surface area contributed by atoms with Crippen molar-refractivity contribution in [3.63, 3.8) is 0 Å². The average molecular weight is 158 g/mol. The number of hydrogen-bond acceptors (Lipinski definition) is 3. The molecule has 1 saturated heterocycles. The molecule has 1 unspecified atom stereocenters. The molecule has 0 N–H and O–H groups in total. The summed E-state index contributed by atoms with van der Waals surface area (Å²) in [5.74, 6) is -0.194. The Morgan fingerprint density at radius 3 is 3.20 bits per heavy atom. The zero-order chi connectivity index (χ0) is 7.40. The molecule has 4 heteroatoms. The Bertz CT molecular complexity index is 124. The third-order valence-corrected chi connectivity index (χ3v) is 1.90. The summed E-state index contributed by atoms with van der Waals surface area (Å²) >= 11 is 0. The van der Waals surface area contributed by atoms with Crippen LogP contribution in [-0.4, -0.2) is 28.4 Å². The second-order valence-corrected chi connectivity index (χ2v) is 2.76. The molecule has 1 fully saturated rings. The molecule has 10 heavy (non-hydrogen) atoms. The molecule has 0 aromatic carbocycles. The molecule has 0 saturated carbocycles. The van der Waals surface area contributed by atoms with Crippen molar-refractivity contribution in [2.45, 2.75) is 25.5 Å². The van der Waals surface area contributed by atoms with Crippen molar-refractivity contribution in [3.8, 4) is 0 Å². The van der Waals surface area contributed by atoms with E-state index < -0.39 is 0 Å². The molecule has 0 amide bonds. The normalized spacial score (nSPS) is 26.1. The van der Waals surface area contributed by atoms with Crippen LogP contribution in [0.2, 0.25) is 6.55 Å². The molecule has 1 atom stereocenters. The lowest BCUT2D eigenvalue weighted by atomic mass is 10.2. The van der Waals surface area contributed by atoms with E-state index in [1.807, 2.05) is 6.55 Å². The second-order valence-electron chi connectivity index (χ2n) is 2.12. The van der Waals surface area contributed by atoms with E-state index in [-0.39, 0.29) is 12.1 Å². The fraction of sp³-hybridized carbons (Fsp3) is 0.833. The van der Waals surface area contributed by atoms with Gasteiger partial charge in [0.15, 0.2) is 0 Å². The Morgan fingerprint density at radius 1 is 1.80 bits per heavy atom. The van der Waals surface area contributed by atoms with Crippen LogP contribution in [0.5, 0.6) is 0 Å². The van der Waals surface area contributed by atoms with Gasteiger partial charge in [-0.25, -0.2) is 4.79 Å². The van der Waals surface area contributed by atoms with Crippen molar-refractivity contribution in [1.82, 2.24) is 0 Å². The van der Waals surface area contributed by atoms with Gasteiger partial charge >= 0.3 is 5.97 Å². The third-order valence-electron chi connectivity index (χ3n) is 1.38. The average Bonchev–Trinajstić information content (AvgIpc) is 1.94. The van der Waals surface area contributed by atoms with E-state index in [0.29, 0.717) is 16.4 Å². The molecule has 56 valence electrons. The number of ether oxygens (including phenoxy) is 1. The summed E-state index contributed by atoms with van der Waals surface area (Å²) in [5, 5.41) is 0. The van der Waals surface area contributed by atoms with E-state index in [0.717, 1.165) is 12.8 Å². The molecule has 1 heterocycles. The molecule has 0 spiro atoms. The van der Waals surface area contributed by atoms with Gasteiger partial charge in [-0.3, -0.25) is 0 Å². The van der Waals surface area contributed by atoms with Crippen molar-refractivity contribution >= 4 is 15.7 Å². The molecular weight excluding hydrogens is 148 g/mol.